The number of esters is 1. The number of carbonyl (C=O) groups is 2. The first-order valence-corrected chi connectivity index (χ1v) is 4.67. The molecule has 0 radical (unpaired) electrons. The highest BCUT2D eigenvalue weighted by atomic mass is 19.1. The molecule has 0 saturated heterocycles. The maximum absolute atomic E-state index is 12.9. The molecule has 4 nitrogen and oxygen atoms in total. The van der Waals surface area contributed by atoms with E-state index in [-0.39, 0.29) is 12.0 Å². The Hall–Kier alpha value is -1.91. The van der Waals surface area contributed by atoms with Crippen LogP contribution in [0.1, 0.15) is 22.8 Å². The summed E-state index contributed by atoms with van der Waals surface area (Å²) in [4.78, 5) is 22.5. The molecular formula is C11H9FO4. The molecule has 1 aromatic rings. The third-order valence-electron chi connectivity index (χ3n) is 2.59. The maximum atomic E-state index is 12.9. The van der Waals surface area contributed by atoms with Gasteiger partial charge in [0.2, 0.25) is 5.60 Å². The number of halogens is 1. The summed E-state index contributed by atoms with van der Waals surface area (Å²) in [6.07, 6.45) is 0.0453. The van der Waals surface area contributed by atoms with Gasteiger partial charge in [-0.3, -0.25) is 0 Å². The molecule has 0 fully saturated rings. The summed E-state index contributed by atoms with van der Waals surface area (Å²) in [5, 5.41) is 8.94. The minimum Gasteiger partial charge on any atom is -0.478 e. The van der Waals surface area contributed by atoms with Crippen LogP contribution in [-0.2, 0) is 16.0 Å². The van der Waals surface area contributed by atoms with E-state index in [1.165, 1.54) is 19.1 Å². The van der Waals surface area contributed by atoms with Crippen LogP contribution in [0.3, 0.4) is 0 Å². The zero-order chi connectivity index (χ0) is 11.9. The van der Waals surface area contributed by atoms with E-state index in [2.05, 4.69) is 0 Å². The van der Waals surface area contributed by atoms with Crippen molar-refractivity contribution in [2.75, 3.05) is 0 Å². The van der Waals surface area contributed by atoms with Crippen molar-refractivity contribution in [1.29, 1.82) is 0 Å². The van der Waals surface area contributed by atoms with Crippen molar-refractivity contribution < 1.29 is 23.8 Å². The predicted octanol–water partition coefficient (Wildman–Crippen LogP) is 1.38. The second-order valence-corrected chi connectivity index (χ2v) is 3.90. The fraction of sp³-hybridized carbons (Fsp3) is 0.273. The number of hydrogen-bond acceptors (Lipinski definition) is 3. The second kappa shape index (κ2) is 3.30. The average Bonchev–Trinajstić information content (AvgIpc) is 2.19. The van der Waals surface area contributed by atoms with Crippen molar-refractivity contribution in [3.63, 3.8) is 0 Å². The average molecular weight is 224 g/mol. The van der Waals surface area contributed by atoms with Gasteiger partial charge in [-0.15, -0.1) is 0 Å². The van der Waals surface area contributed by atoms with Crippen molar-refractivity contribution in [1.82, 2.24) is 0 Å². The summed E-state index contributed by atoms with van der Waals surface area (Å²) in [7, 11) is 0. The van der Waals surface area contributed by atoms with Crippen LogP contribution in [0.5, 0.6) is 0 Å². The molecule has 0 spiro atoms. The SMILES string of the molecule is C[C@@]1(C(=O)O)Cc2ccc(F)cc2C(=O)O1. The molecular weight excluding hydrogens is 215 g/mol. The Kier molecular flexibility index (Phi) is 2.18. The van der Waals surface area contributed by atoms with Crippen LogP contribution in [-0.4, -0.2) is 22.6 Å². The Balaban J connectivity index is 2.49. The lowest BCUT2D eigenvalue weighted by molar-refractivity contribution is -0.158. The third-order valence-corrected chi connectivity index (χ3v) is 2.59. The van der Waals surface area contributed by atoms with Gasteiger partial charge in [0, 0.05) is 6.42 Å². The lowest BCUT2D eigenvalue weighted by atomic mass is 9.90. The molecule has 0 amide bonds. The smallest absolute Gasteiger partial charge is 0.348 e. The first kappa shape index (κ1) is 10.6. The van der Waals surface area contributed by atoms with E-state index in [9.17, 15) is 14.0 Å². The minimum atomic E-state index is -1.57. The van der Waals surface area contributed by atoms with Crippen LogP contribution in [0.4, 0.5) is 4.39 Å². The van der Waals surface area contributed by atoms with Crippen LogP contribution in [0, 0.1) is 5.82 Å². The van der Waals surface area contributed by atoms with Gasteiger partial charge >= 0.3 is 11.9 Å². The van der Waals surface area contributed by atoms with Crippen molar-refractivity contribution in [3.8, 4) is 0 Å². The standard InChI is InChI=1S/C11H9FO4/c1-11(10(14)15)5-6-2-3-7(12)4-8(6)9(13)16-11/h2-4H,5H2,1H3,(H,14,15)/t11-/m0/s1. The molecule has 84 valence electrons. The molecule has 0 unspecified atom stereocenters. The Morgan fingerprint density at radius 2 is 2.25 bits per heavy atom. The van der Waals surface area contributed by atoms with E-state index in [4.69, 9.17) is 9.84 Å². The third kappa shape index (κ3) is 1.54. The van der Waals surface area contributed by atoms with E-state index in [0.29, 0.717) is 5.56 Å². The summed E-state index contributed by atoms with van der Waals surface area (Å²) in [6, 6.07) is 3.66. The summed E-state index contributed by atoms with van der Waals surface area (Å²) in [5.74, 6) is -2.56. The lowest BCUT2D eigenvalue weighted by Gasteiger charge is -2.30. The molecule has 1 aliphatic heterocycles. The van der Waals surface area contributed by atoms with Crippen molar-refractivity contribution in [2.45, 2.75) is 18.9 Å². The number of cyclic esters (lactones) is 1. The molecule has 1 aromatic carbocycles. The molecule has 0 aromatic heterocycles. The number of aliphatic carboxylic acids is 1. The molecule has 1 N–H and O–H groups in total. The van der Waals surface area contributed by atoms with Gasteiger partial charge < -0.3 is 9.84 Å². The van der Waals surface area contributed by atoms with Gasteiger partial charge in [-0.25, -0.2) is 14.0 Å². The first-order valence-electron chi connectivity index (χ1n) is 4.67. The van der Waals surface area contributed by atoms with Gasteiger partial charge in [0.25, 0.3) is 0 Å². The van der Waals surface area contributed by atoms with E-state index in [1.807, 2.05) is 0 Å². The zero-order valence-corrected chi connectivity index (χ0v) is 8.49. The Bertz CT molecular complexity index is 483. The number of carboxylic acid groups (broad SMARTS) is 1. The molecule has 16 heavy (non-hydrogen) atoms. The Morgan fingerprint density at radius 3 is 2.88 bits per heavy atom. The second-order valence-electron chi connectivity index (χ2n) is 3.90. The van der Waals surface area contributed by atoms with Gasteiger partial charge in [-0.2, -0.15) is 0 Å². The van der Waals surface area contributed by atoms with Crippen molar-refractivity contribution in [3.05, 3.63) is 35.1 Å². The number of hydrogen-bond donors (Lipinski definition) is 1. The minimum absolute atomic E-state index is 0.0453. The highest BCUT2D eigenvalue weighted by Gasteiger charge is 2.42. The number of benzene rings is 1. The van der Waals surface area contributed by atoms with Gasteiger partial charge in [-0.05, 0) is 24.6 Å². The Labute approximate surface area is 90.6 Å². The van der Waals surface area contributed by atoms with E-state index < -0.39 is 23.4 Å². The van der Waals surface area contributed by atoms with Crippen LogP contribution < -0.4 is 0 Å². The number of fused-ring (bicyclic) bond motifs is 1. The van der Waals surface area contributed by atoms with Crippen LogP contribution in [0.25, 0.3) is 0 Å². The molecule has 0 saturated carbocycles. The number of rotatable bonds is 1. The molecule has 1 heterocycles. The quantitative estimate of drug-likeness (QED) is 0.732. The van der Waals surface area contributed by atoms with Crippen molar-refractivity contribution >= 4 is 11.9 Å². The van der Waals surface area contributed by atoms with E-state index >= 15 is 0 Å². The fourth-order valence-electron chi connectivity index (χ4n) is 1.67. The fourth-order valence-corrected chi connectivity index (χ4v) is 1.67. The molecule has 5 heteroatoms. The maximum Gasteiger partial charge on any atom is 0.348 e. The number of carbonyl (C=O) groups excluding carboxylic acids is 1. The largest absolute Gasteiger partial charge is 0.478 e. The monoisotopic (exact) mass is 224 g/mol. The van der Waals surface area contributed by atoms with Gasteiger partial charge in [0.05, 0.1) is 5.56 Å². The van der Waals surface area contributed by atoms with Gasteiger partial charge in [0.15, 0.2) is 0 Å². The van der Waals surface area contributed by atoms with Crippen LogP contribution in [0.2, 0.25) is 0 Å². The first-order chi connectivity index (χ1) is 7.42. The number of carboxylic acids is 1. The molecule has 0 aliphatic carbocycles. The van der Waals surface area contributed by atoms with Gasteiger partial charge in [0.1, 0.15) is 5.82 Å². The molecule has 1 atom stereocenters. The van der Waals surface area contributed by atoms with Crippen LogP contribution >= 0.6 is 0 Å². The summed E-state index contributed by atoms with van der Waals surface area (Å²) >= 11 is 0. The number of ether oxygens (including phenoxy) is 1. The van der Waals surface area contributed by atoms with E-state index in [1.54, 1.807) is 0 Å². The molecule has 2 rings (SSSR count). The topological polar surface area (TPSA) is 63.6 Å². The zero-order valence-electron chi connectivity index (χ0n) is 8.49. The summed E-state index contributed by atoms with van der Waals surface area (Å²) < 4.78 is 17.7. The predicted molar refractivity (Wildman–Crippen MR) is 51.6 cm³/mol. The summed E-state index contributed by atoms with van der Waals surface area (Å²) in [6.45, 7) is 1.32. The highest BCUT2D eigenvalue weighted by Crippen LogP contribution is 2.28. The molecule has 1 aliphatic rings. The van der Waals surface area contributed by atoms with Crippen LogP contribution in [0.15, 0.2) is 18.2 Å². The van der Waals surface area contributed by atoms with Crippen molar-refractivity contribution in [2.24, 2.45) is 0 Å². The van der Waals surface area contributed by atoms with E-state index in [0.717, 1.165) is 6.07 Å². The summed E-state index contributed by atoms with van der Waals surface area (Å²) in [5.41, 5.74) is -0.983. The van der Waals surface area contributed by atoms with Gasteiger partial charge in [-0.1, -0.05) is 6.07 Å². The highest BCUT2D eigenvalue weighted by molar-refractivity contribution is 5.95. The molecule has 0 bridgehead atoms. The normalized spacial score (nSPS) is 23.5. The lowest BCUT2D eigenvalue weighted by Crippen LogP contribution is -2.45. The Morgan fingerprint density at radius 1 is 1.56 bits per heavy atom.